The molecule has 170 valence electrons. The van der Waals surface area contributed by atoms with E-state index in [2.05, 4.69) is 133 Å². The monoisotopic (exact) mass is 458 g/mol. The van der Waals surface area contributed by atoms with Crippen LogP contribution in [-0.4, -0.2) is 0 Å². The van der Waals surface area contributed by atoms with Crippen LogP contribution in [0.5, 0.6) is 0 Å². The summed E-state index contributed by atoms with van der Waals surface area (Å²) in [4.78, 5) is 0. The first-order valence-electron chi connectivity index (χ1n) is 12.7. The van der Waals surface area contributed by atoms with Gasteiger partial charge in [-0.15, -0.1) is 0 Å². The summed E-state index contributed by atoms with van der Waals surface area (Å²) in [5, 5.41) is 10.6. The molecule has 0 N–H and O–H groups in total. The lowest BCUT2D eigenvalue weighted by atomic mass is 9.90. The van der Waals surface area contributed by atoms with Crippen LogP contribution in [0.25, 0.3) is 43.1 Å². The molecule has 0 saturated carbocycles. The molecular weight excluding hydrogens is 432 g/mol. The predicted molar refractivity (Wildman–Crippen MR) is 155 cm³/mol. The first-order chi connectivity index (χ1) is 17.8. The fourth-order valence-electron chi connectivity index (χ4n) is 5.78. The van der Waals surface area contributed by atoms with E-state index < -0.39 is 0 Å². The zero-order valence-electron chi connectivity index (χ0n) is 20.1. The van der Waals surface area contributed by atoms with Crippen molar-refractivity contribution >= 4 is 43.1 Å². The van der Waals surface area contributed by atoms with Gasteiger partial charge in [-0.1, -0.05) is 121 Å². The van der Waals surface area contributed by atoms with Crippen molar-refractivity contribution < 1.29 is 0 Å². The highest BCUT2D eigenvalue weighted by molar-refractivity contribution is 6.03. The smallest absolute Gasteiger partial charge is 0.00134 e. The first kappa shape index (κ1) is 20.9. The summed E-state index contributed by atoms with van der Waals surface area (Å²) in [7, 11) is 0. The largest absolute Gasteiger partial charge is 0.0616 e. The third-order valence-electron chi connectivity index (χ3n) is 7.55. The molecule has 0 aliphatic heterocycles. The molecule has 0 saturated heterocycles. The summed E-state index contributed by atoms with van der Waals surface area (Å²) in [6, 6.07) is 49.0. The molecule has 7 aromatic rings. The van der Waals surface area contributed by atoms with Crippen LogP contribution in [0.15, 0.2) is 133 Å². The van der Waals surface area contributed by atoms with Gasteiger partial charge in [-0.3, -0.25) is 0 Å². The Morgan fingerprint density at radius 2 is 0.583 bits per heavy atom. The average Bonchev–Trinajstić information content (AvgIpc) is 2.94. The van der Waals surface area contributed by atoms with Crippen LogP contribution < -0.4 is 0 Å². The van der Waals surface area contributed by atoms with Crippen LogP contribution in [0, 0.1) is 0 Å². The van der Waals surface area contributed by atoms with E-state index in [0.29, 0.717) is 0 Å². The van der Waals surface area contributed by atoms with E-state index in [4.69, 9.17) is 0 Å². The maximum absolute atomic E-state index is 2.32. The number of rotatable bonds is 4. The maximum atomic E-state index is 2.32. The van der Waals surface area contributed by atoms with Gasteiger partial charge in [0, 0.05) is 0 Å². The van der Waals surface area contributed by atoms with Gasteiger partial charge >= 0.3 is 0 Å². The number of benzene rings is 7. The summed E-state index contributed by atoms with van der Waals surface area (Å²) in [5.41, 5.74) is 5.53. The van der Waals surface area contributed by atoms with Crippen LogP contribution in [0.4, 0.5) is 0 Å². The number of hydrogen-bond acceptors (Lipinski definition) is 0. The Morgan fingerprint density at radius 3 is 0.889 bits per heavy atom. The average molecular weight is 459 g/mol. The van der Waals surface area contributed by atoms with Gasteiger partial charge in [0.05, 0.1) is 0 Å². The fourth-order valence-corrected chi connectivity index (χ4v) is 5.78. The second kappa shape index (κ2) is 8.66. The molecule has 7 aromatic carbocycles. The topological polar surface area (TPSA) is 0 Å². The molecule has 0 heterocycles. The third-order valence-corrected chi connectivity index (χ3v) is 7.55. The second-order valence-corrected chi connectivity index (χ2v) is 9.76. The highest BCUT2D eigenvalue weighted by Crippen LogP contribution is 2.32. The van der Waals surface area contributed by atoms with Crippen LogP contribution in [0.2, 0.25) is 0 Å². The van der Waals surface area contributed by atoms with E-state index >= 15 is 0 Å². The van der Waals surface area contributed by atoms with Gasteiger partial charge in [-0.2, -0.15) is 0 Å². The highest BCUT2D eigenvalue weighted by Gasteiger charge is 2.11. The van der Waals surface area contributed by atoms with Gasteiger partial charge in [-0.05, 0) is 90.3 Å². The minimum atomic E-state index is 0.930. The third kappa shape index (κ3) is 3.63. The zero-order chi connectivity index (χ0) is 23.9. The molecule has 0 unspecified atom stereocenters. The molecule has 0 nitrogen and oxygen atoms in total. The van der Waals surface area contributed by atoms with Crippen molar-refractivity contribution in [2.24, 2.45) is 0 Å². The molecular formula is C36H26. The summed E-state index contributed by atoms with van der Waals surface area (Å²) >= 11 is 0. The Bertz CT molecular complexity index is 1630. The van der Waals surface area contributed by atoms with E-state index in [1.54, 1.807) is 0 Å². The van der Waals surface area contributed by atoms with Gasteiger partial charge in [0.2, 0.25) is 0 Å². The van der Waals surface area contributed by atoms with Crippen molar-refractivity contribution in [2.75, 3.05) is 0 Å². The lowest BCUT2D eigenvalue weighted by molar-refractivity contribution is 1.18. The predicted octanol–water partition coefficient (Wildman–Crippen LogP) is 9.48. The summed E-state index contributed by atoms with van der Waals surface area (Å²) < 4.78 is 0. The van der Waals surface area contributed by atoms with Crippen molar-refractivity contribution in [3.63, 3.8) is 0 Å². The highest BCUT2D eigenvalue weighted by atomic mass is 14.1. The second-order valence-electron chi connectivity index (χ2n) is 9.76. The summed E-state index contributed by atoms with van der Waals surface area (Å²) in [6.07, 6.45) is 1.86. The molecule has 0 bridgehead atoms. The quantitative estimate of drug-likeness (QED) is 0.230. The summed E-state index contributed by atoms with van der Waals surface area (Å²) in [5.74, 6) is 0. The zero-order valence-corrected chi connectivity index (χ0v) is 20.1. The molecule has 7 rings (SSSR count). The van der Waals surface area contributed by atoms with Crippen LogP contribution in [0.1, 0.15) is 22.3 Å². The Morgan fingerprint density at radius 1 is 0.306 bits per heavy atom. The van der Waals surface area contributed by atoms with E-state index in [-0.39, 0.29) is 0 Å². The minimum absolute atomic E-state index is 0.930. The van der Waals surface area contributed by atoms with Crippen LogP contribution in [0.3, 0.4) is 0 Å². The molecule has 36 heavy (non-hydrogen) atoms. The molecule has 0 aromatic heterocycles. The van der Waals surface area contributed by atoms with E-state index in [0.717, 1.165) is 12.8 Å². The van der Waals surface area contributed by atoms with Gasteiger partial charge in [0.1, 0.15) is 0 Å². The Hall–Kier alpha value is -4.42. The molecule has 0 heteroatoms. The SMILES string of the molecule is c1ccc2c(Cc3ccc(Cc4c5ccccc5cc5ccccc45)cc3)c3ccccc3cc2c1. The lowest BCUT2D eigenvalue weighted by Gasteiger charge is -2.14. The van der Waals surface area contributed by atoms with Crippen molar-refractivity contribution in [1.82, 2.24) is 0 Å². The Labute approximate surface area is 211 Å². The Kier molecular flexibility index (Phi) is 5.03. The van der Waals surface area contributed by atoms with E-state index in [9.17, 15) is 0 Å². The molecule has 0 radical (unpaired) electrons. The maximum Gasteiger partial charge on any atom is -0.00134 e. The lowest BCUT2D eigenvalue weighted by Crippen LogP contribution is -1.95. The standard InChI is InChI=1S/C36H26/c1-5-13-31-27(9-1)23-28-10-2-6-14-32(28)35(31)21-25-17-19-26(20-18-25)22-36-33-15-7-3-11-29(33)24-30-12-4-8-16-34(30)36/h1-20,23-24H,21-22H2. The summed E-state index contributed by atoms with van der Waals surface area (Å²) in [6.45, 7) is 0. The van der Waals surface area contributed by atoms with Crippen molar-refractivity contribution in [3.05, 3.63) is 156 Å². The first-order valence-corrected chi connectivity index (χ1v) is 12.7. The van der Waals surface area contributed by atoms with Crippen LogP contribution in [-0.2, 0) is 12.8 Å². The molecule has 0 atom stereocenters. The molecule has 0 aliphatic rings. The molecule has 0 aliphatic carbocycles. The fraction of sp³-hybridized carbons (Fsp3) is 0.0556. The van der Waals surface area contributed by atoms with Crippen LogP contribution >= 0.6 is 0 Å². The van der Waals surface area contributed by atoms with Gasteiger partial charge in [0.25, 0.3) is 0 Å². The molecule has 0 amide bonds. The van der Waals surface area contributed by atoms with Crippen molar-refractivity contribution in [2.45, 2.75) is 12.8 Å². The van der Waals surface area contributed by atoms with Crippen molar-refractivity contribution in [3.8, 4) is 0 Å². The van der Waals surface area contributed by atoms with Crippen molar-refractivity contribution in [1.29, 1.82) is 0 Å². The molecule has 0 fully saturated rings. The minimum Gasteiger partial charge on any atom is -0.0616 e. The van der Waals surface area contributed by atoms with E-state index in [1.807, 2.05) is 0 Å². The van der Waals surface area contributed by atoms with Gasteiger partial charge < -0.3 is 0 Å². The number of fused-ring (bicyclic) bond motifs is 4. The van der Waals surface area contributed by atoms with E-state index in [1.165, 1.54) is 65.3 Å². The van der Waals surface area contributed by atoms with Gasteiger partial charge in [-0.25, -0.2) is 0 Å². The van der Waals surface area contributed by atoms with Gasteiger partial charge in [0.15, 0.2) is 0 Å². The Balaban J connectivity index is 1.27. The number of hydrogen-bond donors (Lipinski definition) is 0. The molecule has 0 spiro atoms. The normalized spacial score (nSPS) is 11.6.